The molecule has 76 valence electrons. The van der Waals surface area contributed by atoms with Gasteiger partial charge >= 0.3 is 0 Å². The number of rotatable bonds is 5. The number of carbonyl (C=O) groups excluding carboxylic acids is 1. The molecule has 0 N–H and O–H groups in total. The van der Waals surface area contributed by atoms with Crippen LogP contribution in [0, 0.1) is 5.92 Å². The molecule has 0 aromatic carbocycles. The maximum Gasteiger partial charge on any atom is 0.146 e. The fraction of sp³-hybridized carbons (Fsp3) is 0.900. The highest BCUT2D eigenvalue weighted by molar-refractivity contribution is 5.49. The van der Waals surface area contributed by atoms with Crippen molar-refractivity contribution in [1.29, 1.82) is 0 Å². The molecule has 1 fully saturated rings. The Morgan fingerprint density at radius 3 is 2.85 bits per heavy atom. The van der Waals surface area contributed by atoms with Gasteiger partial charge < -0.3 is 14.3 Å². The molecule has 1 saturated carbocycles. The Morgan fingerprint density at radius 2 is 2.15 bits per heavy atom. The summed E-state index contributed by atoms with van der Waals surface area (Å²) in [7, 11) is 1.62. The number of methoxy groups -OCH3 is 1. The smallest absolute Gasteiger partial charge is 0.146 e. The van der Waals surface area contributed by atoms with Gasteiger partial charge in [0.15, 0.2) is 0 Å². The Balaban J connectivity index is 2.32. The first kappa shape index (κ1) is 10.7. The zero-order valence-electron chi connectivity index (χ0n) is 8.20. The lowest BCUT2D eigenvalue weighted by Crippen LogP contribution is -2.28. The predicted octanol–water partition coefficient (Wildman–Crippen LogP) is 1.75. The summed E-state index contributed by atoms with van der Waals surface area (Å²) in [6, 6.07) is 0. The molecular formula is C10H18O3. The van der Waals surface area contributed by atoms with Gasteiger partial charge in [0, 0.05) is 13.5 Å². The quantitative estimate of drug-likeness (QED) is 0.484. The van der Waals surface area contributed by atoms with Gasteiger partial charge in [-0.05, 0) is 18.8 Å². The Kier molecular flexibility index (Phi) is 5.01. The van der Waals surface area contributed by atoms with E-state index >= 15 is 0 Å². The second-order valence-corrected chi connectivity index (χ2v) is 3.56. The largest absolute Gasteiger partial charge is 0.359 e. The van der Waals surface area contributed by atoms with Gasteiger partial charge in [0.1, 0.15) is 13.1 Å². The van der Waals surface area contributed by atoms with Crippen LogP contribution < -0.4 is 0 Å². The van der Waals surface area contributed by atoms with Gasteiger partial charge in [-0.2, -0.15) is 0 Å². The molecule has 3 nitrogen and oxygen atoms in total. The van der Waals surface area contributed by atoms with Gasteiger partial charge in [0.2, 0.25) is 0 Å². The van der Waals surface area contributed by atoms with Crippen LogP contribution in [-0.2, 0) is 14.3 Å². The molecule has 0 spiro atoms. The zero-order valence-corrected chi connectivity index (χ0v) is 8.20. The highest BCUT2D eigenvalue weighted by atomic mass is 16.7. The number of hydrogen-bond donors (Lipinski definition) is 0. The van der Waals surface area contributed by atoms with Gasteiger partial charge in [0.25, 0.3) is 0 Å². The van der Waals surface area contributed by atoms with Crippen LogP contribution in [0.4, 0.5) is 0 Å². The van der Waals surface area contributed by atoms with Crippen molar-refractivity contribution in [2.24, 2.45) is 5.92 Å². The fourth-order valence-corrected chi connectivity index (χ4v) is 1.94. The van der Waals surface area contributed by atoms with E-state index in [0.29, 0.717) is 19.1 Å². The second kappa shape index (κ2) is 6.11. The van der Waals surface area contributed by atoms with E-state index in [9.17, 15) is 4.79 Å². The Morgan fingerprint density at radius 1 is 1.38 bits per heavy atom. The van der Waals surface area contributed by atoms with Crippen LogP contribution >= 0.6 is 0 Å². The van der Waals surface area contributed by atoms with E-state index in [1.165, 1.54) is 12.8 Å². The third kappa shape index (κ3) is 3.44. The highest BCUT2D eigenvalue weighted by Gasteiger charge is 2.25. The van der Waals surface area contributed by atoms with Crippen molar-refractivity contribution in [3.05, 3.63) is 0 Å². The highest BCUT2D eigenvalue weighted by Crippen LogP contribution is 2.28. The average molecular weight is 186 g/mol. The lowest BCUT2D eigenvalue weighted by Gasteiger charge is -2.29. The summed E-state index contributed by atoms with van der Waals surface area (Å²) in [4.78, 5) is 10.4. The molecule has 0 saturated heterocycles. The first-order valence-corrected chi connectivity index (χ1v) is 4.92. The number of hydrogen-bond acceptors (Lipinski definition) is 3. The van der Waals surface area contributed by atoms with Crippen LogP contribution in [-0.4, -0.2) is 26.3 Å². The molecule has 0 heterocycles. The van der Waals surface area contributed by atoms with Crippen molar-refractivity contribution in [3.8, 4) is 0 Å². The van der Waals surface area contributed by atoms with Crippen molar-refractivity contribution < 1.29 is 14.3 Å². The lowest BCUT2D eigenvalue weighted by atomic mass is 9.85. The van der Waals surface area contributed by atoms with Crippen molar-refractivity contribution in [2.45, 2.75) is 38.2 Å². The topological polar surface area (TPSA) is 35.5 Å². The molecule has 0 bridgehead atoms. The summed E-state index contributed by atoms with van der Waals surface area (Å²) in [5, 5.41) is 0. The summed E-state index contributed by atoms with van der Waals surface area (Å²) in [6.07, 6.45) is 6.50. The van der Waals surface area contributed by atoms with E-state index in [2.05, 4.69) is 0 Å². The van der Waals surface area contributed by atoms with Crippen LogP contribution in [0.15, 0.2) is 0 Å². The molecule has 0 radical (unpaired) electrons. The Bertz CT molecular complexity index is 147. The van der Waals surface area contributed by atoms with E-state index in [1.807, 2.05) is 0 Å². The molecule has 13 heavy (non-hydrogen) atoms. The summed E-state index contributed by atoms with van der Waals surface area (Å²) < 4.78 is 10.4. The average Bonchev–Trinajstić information content (AvgIpc) is 2.17. The molecule has 0 aromatic heterocycles. The molecule has 0 amide bonds. The van der Waals surface area contributed by atoms with Crippen LogP contribution in [0.2, 0.25) is 0 Å². The van der Waals surface area contributed by atoms with E-state index in [4.69, 9.17) is 9.47 Å². The molecule has 1 aliphatic rings. The summed E-state index contributed by atoms with van der Waals surface area (Å²) >= 11 is 0. The standard InChI is InChI=1S/C10H18O3/c1-12-8-13-10-5-3-2-4-9(10)6-7-11/h7,9-10H,2-6,8H2,1H3/t9-,10-/m0/s1. The van der Waals surface area contributed by atoms with Crippen LogP contribution in [0.3, 0.4) is 0 Å². The third-order valence-corrected chi connectivity index (χ3v) is 2.64. The number of carbonyl (C=O) groups is 1. The first-order chi connectivity index (χ1) is 6.38. The maximum atomic E-state index is 10.4. The van der Waals surface area contributed by atoms with E-state index in [0.717, 1.165) is 19.1 Å². The molecule has 0 aliphatic heterocycles. The van der Waals surface area contributed by atoms with Crippen molar-refractivity contribution >= 4 is 6.29 Å². The normalized spacial score (nSPS) is 28.7. The predicted molar refractivity (Wildman–Crippen MR) is 49.4 cm³/mol. The number of aldehydes is 1. The lowest BCUT2D eigenvalue weighted by molar-refractivity contribution is -0.118. The van der Waals surface area contributed by atoms with E-state index < -0.39 is 0 Å². The summed E-state index contributed by atoms with van der Waals surface area (Å²) in [6.45, 7) is 0.347. The molecule has 0 aromatic rings. The van der Waals surface area contributed by atoms with Gasteiger partial charge in [0.05, 0.1) is 6.10 Å². The molecule has 1 rings (SSSR count). The minimum atomic E-state index is 0.235. The molecule has 1 aliphatic carbocycles. The number of ether oxygens (including phenoxy) is 2. The van der Waals surface area contributed by atoms with E-state index in [1.54, 1.807) is 7.11 Å². The fourth-order valence-electron chi connectivity index (χ4n) is 1.94. The van der Waals surface area contributed by atoms with Crippen LogP contribution in [0.5, 0.6) is 0 Å². The molecule has 3 heteroatoms. The third-order valence-electron chi connectivity index (χ3n) is 2.64. The summed E-state index contributed by atoms with van der Waals surface area (Å²) in [5.41, 5.74) is 0. The summed E-state index contributed by atoms with van der Waals surface area (Å²) in [5.74, 6) is 0.418. The van der Waals surface area contributed by atoms with Gasteiger partial charge in [-0.3, -0.25) is 0 Å². The first-order valence-electron chi connectivity index (χ1n) is 4.92. The maximum absolute atomic E-state index is 10.4. The SMILES string of the molecule is COCO[C@H]1CCCC[C@H]1CC=O. The minimum absolute atomic E-state index is 0.235. The second-order valence-electron chi connectivity index (χ2n) is 3.56. The molecule has 0 unspecified atom stereocenters. The van der Waals surface area contributed by atoms with Crippen molar-refractivity contribution in [3.63, 3.8) is 0 Å². The Hall–Kier alpha value is -0.410. The molecular weight excluding hydrogens is 168 g/mol. The molecule has 2 atom stereocenters. The van der Waals surface area contributed by atoms with Gasteiger partial charge in [-0.15, -0.1) is 0 Å². The van der Waals surface area contributed by atoms with Crippen molar-refractivity contribution in [2.75, 3.05) is 13.9 Å². The van der Waals surface area contributed by atoms with Gasteiger partial charge in [-0.1, -0.05) is 12.8 Å². The Labute approximate surface area is 79.4 Å². The monoisotopic (exact) mass is 186 g/mol. The van der Waals surface area contributed by atoms with Crippen LogP contribution in [0.1, 0.15) is 32.1 Å². The van der Waals surface area contributed by atoms with Crippen LogP contribution in [0.25, 0.3) is 0 Å². The minimum Gasteiger partial charge on any atom is -0.359 e. The van der Waals surface area contributed by atoms with Gasteiger partial charge in [-0.25, -0.2) is 0 Å². The van der Waals surface area contributed by atoms with Crippen molar-refractivity contribution in [1.82, 2.24) is 0 Å². The zero-order chi connectivity index (χ0) is 9.52. The van der Waals surface area contributed by atoms with E-state index in [-0.39, 0.29) is 6.10 Å².